The third kappa shape index (κ3) is 3.26. The number of thioether (sulfide) groups is 1. The third-order valence-corrected chi connectivity index (χ3v) is 4.31. The Kier molecular flexibility index (Phi) is 4.28. The summed E-state index contributed by atoms with van der Waals surface area (Å²) in [5.41, 5.74) is 3.14. The van der Waals surface area contributed by atoms with E-state index >= 15 is 0 Å². The lowest BCUT2D eigenvalue weighted by atomic mass is 10.2. The summed E-state index contributed by atoms with van der Waals surface area (Å²) in [5, 5.41) is 5.74. The van der Waals surface area contributed by atoms with E-state index in [1.54, 1.807) is 11.3 Å². The highest BCUT2D eigenvalue weighted by molar-refractivity contribution is 7.99. The fraction of sp³-hybridized carbons (Fsp3) is 0.700. The topological polar surface area (TPSA) is 24.9 Å². The van der Waals surface area contributed by atoms with E-state index < -0.39 is 0 Å². The van der Waals surface area contributed by atoms with Gasteiger partial charge < -0.3 is 5.32 Å². The van der Waals surface area contributed by atoms with Crippen molar-refractivity contribution in [2.45, 2.75) is 25.3 Å². The SMILES string of the molecule is c1nc(CCNC2CCCSC2)cs1. The van der Waals surface area contributed by atoms with E-state index in [-0.39, 0.29) is 0 Å². The molecule has 0 aromatic carbocycles. The molecule has 1 aliphatic rings. The molecule has 1 fully saturated rings. The van der Waals surface area contributed by atoms with E-state index in [1.165, 1.54) is 30.0 Å². The van der Waals surface area contributed by atoms with Crippen molar-refractivity contribution in [3.05, 3.63) is 16.6 Å². The molecule has 0 bridgehead atoms. The van der Waals surface area contributed by atoms with E-state index in [2.05, 4.69) is 27.4 Å². The normalized spacial score (nSPS) is 22.4. The minimum atomic E-state index is 0.743. The summed E-state index contributed by atoms with van der Waals surface area (Å²) in [6.07, 6.45) is 3.80. The number of aromatic nitrogens is 1. The number of nitrogens with one attached hydrogen (secondary N) is 1. The first-order valence-electron chi connectivity index (χ1n) is 5.13. The molecular formula is C10H16N2S2. The predicted molar refractivity (Wildman–Crippen MR) is 64.2 cm³/mol. The highest BCUT2D eigenvalue weighted by Crippen LogP contribution is 2.16. The Morgan fingerprint density at radius 1 is 1.57 bits per heavy atom. The van der Waals surface area contributed by atoms with E-state index in [0.717, 1.165) is 19.0 Å². The molecule has 1 aliphatic heterocycles. The van der Waals surface area contributed by atoms with Gasteiger partial charge in [0.25, 0.3) is 0 Å². The molecule has 14 heavy (non-hydrogen) atoms. The highest BCUT2D eigenvalue weighted by Gasteiger charge is 2.12. The summed E-state index contributed by atoms with van der Waals surface area (Å²) in [6, 6.07) is 0.743. The maximum atomic E-state index is 4.27. The minimum Gasteiger partial charge on any atom is -0.313 e. The van der Waals surface area contributed by atoms with Gasteiger partial charge in [0, 0.05) is 30.1 Å². The van der Waals surface area contributed by atoms with E-state index in [0.29, 0.717) is 0 Å². The Morgan fingerprint density at radius 2 is 2.57 bits per heavy atom. The first kappa shape index (κ1) is 10.5. The largest absolute Gasteiger partial charge is 0.313 e. The van der Waals surface area contributed by atoms with Crippen LogP contribution in [0.1, 0.15) is 18.5 Å². The quantitative estimate of drug-likeness (QED) is 0.855. The predicted octanol–water partition coefficient (Wildman–Crippen LogP) is 2.17. The maximum Gasteiger partial charge on any atom is 0.0794 e. The zero-order valence-corrected chi connectivity index (χ0v) is 9.87. The maximum absolute atomic E-state index is 4.27. The Morgan fingerprint density at radius 3 is 3.29 bits per heavy atom. The molecule has 1 aromatic heterocycles. The Bertz CT molecular complexity index is 243. The van der Waals surface area contributed by atoms with Gasteiger partial charge in [-0.05, 0) is 18.6 Å². The van der Waals surface area contributed by atoms with E-state index in [1.807, 2.05) is 5.51 Å². The number of nitrogens with zero attached hydrogens (tertiary/aromatic N) is 1. The number of rotatable bonds is 4. The van der Waals surface area contributed by atoms with Crippen molar-refractivity contribution in [1.29, 1.82) is 0 Å². The van der Waals surface area contributed by atoms with Crippen LogP contribution in [-0.2, 0) is 6.42 Å². The fourth-order valence-electron chi connectivity index (χ4n) is 1.67. The molecular weight excluding hydrogens is 212 g/mol. The van der Waals surface area contributed by atoms with Gasteiger partial charge in [0.05, 0.1) is 11.2 Å². The summed E-state index contributed by atoms with van der Waals surface area (Å²) >= 11 is 3.76. The monoisotopic (exact) mass is 228 g/mol. The number of hydrogen-bond acceptors (Lipinski definition) is 4. The second-order valence-electron chi connectivity index (χ2n) is 3.60. The van der Waals surface area contributed by atoms with Crippen molar-refractivity contribution in [1.82, 2.24) is 10.3 Å². The van der Waals surface area contributed by atoms with Gasteiger partial charge in [-0.2, -0.15) is 11.8 Å². The summed E-state index contributed by atoms with van der Waals surface area (Å²) in [6.45, 7) is 1.08. The number of hydrogen-bond donors (Lipinski definition) is 1. The Labute approximate surface area is 93.5 Å². The van der Waals surface area contributed by atoms with Gasteiger partial charge in [0.2, 0.25) is 0 Å². The first-order chi connectivity index (χ1) is 6.95. The highest BCUT2D eigenvalue weighted by atomic mass is 32.2. The summed E-state index contributed by atoms with van der Waals surface area (Å²) in [5.74, 6) is 2.64. The summed E-state index contributed by atoms with van der Waals surface area (Å²) < 4.78 is 0. The molecule has 2 nitrogen and oxygen atoms in total. The Hall–Kier alpha value is -0.0600. The molecule has 78 valence electrons. The Balaban J connectivity index is 1.62. The molecule has 1 aromatic rings. The van der Waals surface area contributed by atoms with Gasteiger partial charge in [-0.3, -0.25) is 0 Å². The van der Waals surface area contributed by atoms with Crippen LogP contribution in [-0.4, -0.2) is 29.1 Å². The second kappa shape index (κ2) is 5.73. The van der Waals surface area contributed by atoms with E-state index in [4.69, 9.17) is 0 Å². The van der Waals surface area contributed by atoms with Gasteiger partial charge in [-0.1, -0.05) is 0 Å². The van der Waals surface area contributed by atoms with Gasteiger partial charge >= 0.3 is 0 Å². The number of thiazole rings is 1. The van der Waals surface area contributed by atoms with Crippen LogP contribution in [0.3, 0.4) is 0 Å². The van der Waals surface area contributed by atoms with Crippen LogP contribution >= 0.6 is 23.1 Å². The molecule has 0 spiro atoms. The van der Waals surface area contributed by atoms with Crippen molar-refractivity contribution >= 4 is 23.1 Å². The lowest BCUT2D eigenvalue weighted by Gasteiger charge is -2.22. The molecule has 2 heterocycles. The average molecular weight is 228 g/mol. The first-order valence-corrected chi connectivity index (χ1v) is 7.23. The zero-order valence-electron chi connectivity index (χ0n) is 8.24. The molecule has 0 radical (unpaired) electrons. The van der Waals surface area contributed by atoms with Gasteiger partial charge in [0.15, 0.2) is 0 Å². The molecule has 1 saturated heterocycles. The minimum absolute atomic E-state index is 0.743. The van der Waals surface area contributed by atoms with Crippen LogP contribution in [0.15, 0.2) is 10.9 Å². The molecule has 0 amide bonds. The van der Waals surface area contributed by atoms with Gasteiger partial charge in [-0.25, -0.2) is 4.98 Å². The smallest absolute Gasteiger partial charge is 0.0794 e. The van der Waals surface area contributed by atoms with Crippen molar-refractivity contribution in [3.63, 3.8) is 0 Å². The molecule has 1 atom stereocenters. The molecule has 2 rings (SSSR count). The molecule has 1 N–H and O–H groups in total. The van der Waals surface area contributed by atoms with Crippen LogP contribution in [0.25, 0.3) is 0 Å². The molecule has 4 heteroatoms. The lowest BCUT2D eigenvalue weighted by Crippen LogP contribution is -2.35. The molecule has 0 saturated carbocycles. The van der Waals surface area contributed by atoms with Crippen molar-refractivity contribution in [2.24, 2.45) is 0 Å². The summed E-state index contributed by atoms with van der Waals surface area (Å²) in [7, 11) is 0. The van der Waals surface area contributed by atoms with Crippen LogP contribution < -0.4 is 5.32 Å². The van der Waals surface area contributed by atoms with Gasteiger partial charge in [0.1, 0.15) is 0 Å². The van der Waals surface area contributed by atoms with Crippen LogP contribution in [0, 0.1) is 0 Å². The van der Waals surface area contributed by atoms with Crippen molar-refractivity contribution in [3.8, 4) is 0 Å². The van der Waals surface area contributed by atoms with Crippen molar-refractivity contribution < 1.29 is 0 Å². The molecule has 1 unspecified atom stereocenters. The standard InChI is InChI=1S/C10H16N2S2/c1-2-9(6-13-5-1)11-4-3-10-7-14-8-12-10/h7-9,11H,1-6H2. The van der Waals surface area contributed by atoms with E-state index in [9.17, 15) is 0 Å². The second-order valence-corrected chi connectivity index (χ2v) is 5.47. The van der Waals surface area contributed by atoms with Crippen LogP contribution in [0.2, 0.25) is 0 Å². The van der Waals surface area contributed by atoms with Crippen LogP contribution in [0.4, 0.5) is 0 Å². The van der Waals surface area contributed by atoms with Crippen molar-refractivity contribution in [2.75, 3.05) is 18.1 Å². The van der Waals surface area contributed by atoms with Gasteiger partial charge in [-0.15, -0.1) is 11.3 Å². The fourth-order valence-corrected chi connectivity index (χ4v) is 3.37. The lowest BCUT2D eigenvalue weighted by molar-refractivity contribution is 0.510. The zero-order chi connectivity index (χ0) is 9.64. The summed E-state index contributed by atoms with van der Waals surface area (Å²) in [4.78, 5) is 4.27. The van der Waals surface area contributed by atoms with Crippen LogP contribution in [0.5, 0.6) is 0 Å². The third-order valence-electron chi connectivity index (χ3n) is 2.46. The molecule has 0 aliphatic carbocycles. The average Bonchev–Trinajstić information content (AvgIpc) is 2.72.